The summed E-state index contributed by atoms with van der Waals surface area (Å²) in [7, 11) is 0. The van der Waals surface area contributed by atoms with Crippen LogP contribution in [-0.2, 0) is 32.4 Å². The zero-order valence-electron chi connectivity index (χ0n) is 23.8. The van der Waals surface area contributed by atoms with Gasteiger partial charge in [-0.15, -0.1) is 0 Å². The summed E-state index contributed by atoms with van der Waals surface area (Å²) in [6.45, 7) is 3.22. The number of fused-ring (bicyclic) bond motifs is 4. The minimum absolute atomic E-state index is 0.536. The second-order valence-electron chi connectivity index (χ2n) is 11.6. The molecule has 0 aliphatic carbocycles. The highest BCUT2D eigenvalue weighted by Gasteiger charge is 2.21. The summed E-state index contributed by atoms with van der Waals surface area (Å²) in [6.07, 6.45) is 2.45. The minimum atomic E-state index is 0.536. The van der Waals surface area contributed by atoms with Crippen molar-refractivity contribution < 1.29 is 0 Å². The highest BCUT2D eigenvalue weighted by atomic mass is 15.2. The van der Waals surface area contributed by atoms with Crippen LogP contribution in [0.2, 0.25) is 0 Å². The summed E-state index contributed by atoms with van der Waals surface area (Å²) < 4.78 is 0. The molecule has 212 valence electrons. The van der Waals surface area contributed by atoms with Crippen LogP contribution in [0.15, 0.2) is 84.9 Å². The maximum absolute atomic E-state index is 8.89. The summed E-state index contributed by atoms with van der Waals surface area (Å²) in [5.74, 6) is 2.72. The molecular weight excluding hydrogens is 532 g/mol. The second-order valence-corrected chi connectivity index (χ2v) is 11.6. The summed E-state index contributed by atoms with van der Waals surface area (Å²) >= 11 is 0. The van der Waals surface area contributed by atoms with Gasteiger partial charge in [-0.2, -0.15) is 0 Å². The van der Waals surface area contributed by atoms with Crippen LogP contribution in [0.25, 0.3) is 22.1 Å². The fourth-order valence-electron chi connectivity index (χ4n) is 6.48. The van der Waals surface area contributed by atoms with Crippen molar-refractivity contribution in [1.82, 2.24) is 29.7 Å². The molecule has 2 aromatic heterocycles. The zero-order valence-corrected chi connectivity index (χ0v) is 23.8. The van der Waals surface area contributed by atoms with E-state index in [1.807, 2.05) is 36.4 Å². The molecule has 4 heterocycles. The van der Waals surface area contributed by atoms with Crippen LogP contribution in [0.4, 0.5) is 0 Å². The molecule has 6 aromatic rings. The Morgan fingerprint density at radius 3 is 1.51 bits per heavy atom. The standard InChI is InChI=1S/C35H32N8/c36-34(42-15-13-22-5-1-3-7-26(22)20-42)24-9-11-28-30(17-24)40-32(38-28)19-33-39-29-12-10-25(18-31(29)41-33)35(37)43-16-14-23-6-2-4-8-27(23)21-43/h1-12,17-18,36-37H,13-16,19-21H2,(H,38,40)(H,39,41). The van der Waals surface area contributed by atoms with Gasteiger partial charge in [0.25, 0.3) is 0 Å². The topological polar surface area (TPSA) is 112 Å². The van der Waals surface area contributed by atoms with E-state index in [1.165, 1.54) is 22.3 Å². The van der Waals surface area contributed by atoms with E-state index in [0.717, 1.165) is 83.9 Å². The van der Waals surface area contributed by atoms with E-state index in [2.05, 4.69) is 68.3 Å². The molecule has 0 atom stereocenters. The van der Waals surface area contributed by atoms with Crippen LogP contribution in [0.5, 0.6) is 0 Å². The van der Waals surface area contributed by atoms with E-state index in [9.17, 15) is 0 Å². The van der Waals surface area contributed by atoms with Crippen LogP contribution >= 0.6 is 0 Å². The Morgan fingerprint density at radius 1 is 0.605 bits per heavy atom. The number of nitrogens with zero attached hydrogens (tertiary/aromatic N) is 4. The molecule has 8 rings (SSSR count). The van der Waals surface area contributed by atoms with Gasteiger partial charge < -0.3 is 19.8 Å². The Bertz CT molecular complexity index is 1890. The largest absolute Gasteiger partial charge is 0.352 e. The van der Waals surface area contributed by atoms with Crippen molar-refractivity contribution >= 4 is 33.7 Å². The van der Waals surface area contributed by atoms with Crippen LogP contribution in [0.3, 0.4) is 0 Å². The number of imidazole rings is 2. The highest BCUT2D eigenvalue weighted by molar-refractivity contribution is 6.00. The number of hydrogen-bond donors (Lipinski definition) is 4. The van der Waals surface area contributed by atoms with Crippen molar-refractivity contribution in [1.29, 1.82) is 10.8 Å². The number of aromatic amines is 2. The van der Waals surface area contributed by atoms with E-state index >= 15 is 0 Å². The van der Waals surface area contributed by atoms with Crippen molar-refractivity contribution in [3.05, 3.63) is 130 Å². The number of H-pyrrole nitrogens is 2. The predicted octanol–water partition coefficient (Wildman–Crippen LogP) is 5.80. The van der Waals surface area contributed by atoms with Gasteiger partial charge in [0.2, 0.25) is 0 Å². The van der Waals surface area contributed by atoms with Gasteiger partial charge in [0.05, 0.1) is 28.5 Å². The lowest BCUT2D eigenvalue weighted by Gasteiger charge is -2.30. The summed E-state index contributed by atoms with van der Waals surface area (Å²) in [6, 6.07) is 29.1. The molecule has 0 saturated carbocycles. The minimum Gasteiger partial charge on any atom is -0.352 e. The Hall–Kier alpha value is -5.24. The highest BCUT2D eigenvalue weighted by Crippen LogP contribution is 2.24. The number of amidine groups is 2. The maximum Gasteiger partial charge on any atom is 0.128 e. The molecule has 2 aliphatic heterocycles. The quantitative estimate of drug-likeness (QED) is 0.160. The van der Waals surface area contributed by atoms with E-state index < -0.39 is 0 Å². The van der Waals surface area contributed by atoms with Crippen LogP contribution < -0.4 is 0 Å². The van der Waals surface area contributed by atoms with Crippen molar-refractivity contribution in [2.45, 2.75) is 32.4 Å². The molecule has 0 bridgehead atoms. The smallest absolute Gasteiger partial charge is 0.128 e. The fourth-order valence-corrected chi connectivity index (χ4v) is 6.48. The number of benzene rings is 4. The molecule has 0 spiro atoms. The molecule has 2 aliphatic rings. The van der Waals surface area contributed by atoms with E-state index in [0.29, 0.717) is 18.1 Å². The normalized spacial score (nSPS) is 14.6. The third kappa shape index (κ3) is 4.74. The lowest BCUT2D eigenvalue weighted by Crippen LogP contribution is -2.35. The third-order valence-corrected chi connectivity index (χ3v) is 8.84. The molecule has 4 N–H and O–H groups in total. The number of hydrogen-bond acceptors (Lipinski definition) is 4. The van der Waals surface area contributed by atoms with Crippen molar-refractivity contribution in [3.63, 3.8) is 0 Å². The van der Waals surface area contributed by atoms with E-state index in [-0.39, 0.29) is 0 Å². The SMILES string of the molecule is N=C(c1ccc2[nH]c(Cc3nc4cc(C(=N)N5CCc6ccccc6C5)ccc4[nH]3)nc2c1)N1CCc2ccccc2C1. The van der Waals surface area contributed by atoms with Gasteiger partial charge in [0, 0.05) is 37.3 Å². The van der Waals surface area contributed by atoms with Gasteiger partial charge in [0.15, 0.2) is 0 Å². The lowest BCUT2D eigenvalue weighted by atomic mass is 9.99. The molecule has 43 heavy (non-hydrogen) atoms. The molecule has 8 nitrogen and oxygen atoms in total. The van der Waals surface area contributed by atoms with Crippen LogP contribution in [-0.4, -0.2) is 54.5 Å². The molecule has 0 fully saturated rings. The molecule has 8 heteroatoms. The number of rotatable bonds is 4. The summed E-state index contributed by atoms with van der Waals surface area (Å²) in [5, 5.41) is 17.8. The average Bonchev–Trinajstić information content (AvgIpc) is 3.65. The first-order valence-corrected chi connectivity index (χ1v) is 14.9. The second kappa shape index (κ2) is 10.2. The van der Waals surface area contributed by atoms with E-state index in [1.54, 1.807) is 0 Å². The fraction of sp³-hybridized carbons (Fsp3) is 0.200. The predicted molar refractivity (Wildman–Crippen MR) is 170 cm³/mol. The molecular formula is C35H32N8. The van der Waals surface area contributed by atoms with Crippen molar-refractivity contribution in [3.8, 4) is 0 Å². The van der Waals surface area contributed by atoms with Gasteiger partial charge in [-0.3, -0.25) is 10.8 Å². The maximum atomic E-state index is 8.89. The van der Waals surface area contributed by atoms with Crippen molar-refractivity contribution in [2.24, 2.45) is 0 Å². The van der Waals surface area contributed by atoms with Crippen molar-refractivity contribution in [2.75, 3.05) is 13.1 Å². The average molecular weight is 565 g/mol. The molecule has 0 radical (unpaired) electrons. The van der Waals surface area contributed by atoms with Crippen LogP contribution in [0.1, 0.15) is 45.0 Å². The first-order chi connectivity index (χ1) is 21.1. The van der Waals surface area contributed by atoms with Gasteiger partial charge in [-0.1, -0.05) is 48.5 Å². The molecule has 0 unspecified atom stereocenters. The monoisotopic (exact) mass is 564 g/mol. The number of aromatic nitrogens is 4. The van der Waals surface area contributed by atoms with Gasteiger partial charge in [-0.25, -0.2) is 9.97 Å². The third-order valence-electron chi connectivity index (χ3n) is 8.84. The Balaban J connectivity index is 0.981. The number of nitrogens with one attached hydrogen (secondary N) is 4. The Labute approximate surface area is 249 Å². The summed E-state index contributed by atoms with van der Waals surface area (Å²) in [4.78, 5) is 20.9. The summed E-state index contributed by atoms with van der Waals surface area (Å²) in [5.41, 5.74) is 10.7. The molecule has 0 amide bonds. The molecule has 0 saturated heterocycles. The lowest BCUT2D eigenvalue weighted by molar-refractivity contribution is 0.392. The first kappa shape index (κ1) is 25.5. The molecule has 4 aromatic carbocycles. The Morgan fingerprint density at radius 2 is 1.05 bits per heavy atom. The van der Waals surface area contributed by atoms with Gasteiger partial charge in [-0.05, 0) is 71.5 Å². The van der Waals surface area contributed by atoms with Gasteiger partial charge >= 0.3 is 0 Å². The Kier molecular flexibility index (Phi) is 6.06. The van der Waals surface area contributed by atoms with Gasteiger partial charge in [0.1, 0.15) is 23.3 Å². The first-order valence-electron chi connectivity index (χ1n) is 14.9. The van der Waals surface area contributed by atoms with Crippen LogP contribution in [0, 0.1) is 10.8 Å². The van der Waals surface area contributed by atoms with E-state index in [4.69, 9.17) is 20.8 Å². The zero-order chi connectivity index (χ0) is 28.9.